The summed E-state index contributed by atoms with van der Waals surface area (Å²) in [5, 5.41) is 3.13. The fourth-order valence-electron chi connectivity index (χ4n) is 2.54. The number of amides is 1. The number of nitrogens with one attached hydrogen (secondary N) is 1. The highest BCUT2D eigenvalue weighted by molar-refractivity contribution is 5.85. The summed E-state index contributed by atoms with van der Waals surface area (Å²) in [5.41, 5.74) is 0. The van der Waals surface area contributed by atoms with Gasteiger partial charge < -0.3 is 15.0 Å². The minimum absolute atomic E-state index is 0. The first-order chi connectivity index (χ1) is 9.60. The Bertz CT molecular complexity index is 473. The van der Waals surface area contributed by atoms with Crippen molar-refractivity contribution < 1.29 is 13.9 Å². The molecule has 0 radical (unpaired) electrons. The third-order valence-electron chi connectivity index (χ3n) is 3.55. The Morgan fingerprint density at radius 3 is 3.00 bits per heavy atom. The number of carbonyl (C=O) groups excluding carboxylic acids is 1. The van der Waals surface area contributed by atoms with Crippen LogP contribution in [0.2, 0.25) is 0 Å². The Morgan fingerprint density at radius 2 is 2.33 bits per heavy atom. The van der Waals surface area contributed by atoms with Crippen molar-refractivity contribution in [3.8, 4) is 5.75 Å². The molecule has 1 saturated heterocycles. The molecule has 0 aliphatic carbocycles. The highest BCUT2D eigenvalue weighted by Crippen LogP contribution is 2.19. The quantitative estimate of drug-likeness (QED) is 0.904. The molecular weight excluding hydrogens is 295 g/mol. The van der Waals surface area contributed by atoms with Crippen LogP contribution in [0.1, 0.15) is 13.3 Å². The van der Waals surface area contributed by atoms with Gasteiger partial charge in [-0.1, -0.05) is 6.07 Å². The maximum atomic E-state index is 13.1. The zero-order valence-electron chi connectivity index (χ0n) is 12.3. The molecule has 1 amide bonds. The third kappa shape index (κ3) is 4.86. The minimum atomic E-state index is -0.592. The molecule has 0 aromatic heterocycles. The molecule has 1 aromatic rings. The number of likely N-dealkylation sites (tertiary alicyclic amines) is 1. The van der Waals surface area contributed by atoms with E-state index in [4.69, 9.17) is 4.74 Å². The normalized spacial score (nSPS) is 19.0. The van der Waals surface area contributed by atoms with Crippen molar-refractivity contribution >= 4 is 18.3 Å². The summed E-state index contributed by atoms with van der Waals surface area (Å²) >= 11 is 0. The van der Waals surface area contributed by atoms with E-state index in [9.17, 15) is 9.18 Å². The maximum absolute atomic E-state index is 13.1. The van der Waals surface area contributed by atoms with Crippen LogP contribution in [0.5, 0.6) is 5.75 Å². The summed E-state index contributed by atoms with van der Waals surface area (Å²) in [6.07, 6.45) is 0.421. The molecule has 2 unspecified atom stereocenters. The second kappa shape index (κ2) is 8.20. The number of halogens is 2. The predicted octanol–water partition coefficient (Wildman–Crippen LogP) is 2.08. The Morgan fingerprint density at radius 1 is 1.57 bits per heavy atom. The van der Waals surface area contributed by atoms with Gasteiger partial charge in [-0.2, -0.15) is 0 Å². The Labute approximate surface area is 131 Å². The molecule has 118 valence electrons. The zero-order chi connectivity index (χ0) is 14.5. The van der Waals surface area contributed by atoms with Crippen LogP contribution in [0.25, 0.3) is 0 Å². The summed E-state index contributed by atoms with van der Waals surface area (Å²) in [7, 11) is 1.92. The van der Waals surface area contributed by atoms with E-state index in [0.717, 1.165) is 26.1 Å². The van der Waals surface area contributed by atoms with E-state index in [2.05, 4.69) is 5.32 Å². The van der Waals surface area contributed by atoms with Crippen LogP contribution in [0.15, 0.2) is 24.3 Å². The summed E-state index contributed by atoms with van der Waals surface area (Å²) in [4.78, 5) is 14.1. The number of ether oxygens (including phenoxy) is 1. The van der Waals surface area contributed by atoms with Crippen molar-refractivity contribution in [2.24, 2.45) is 5.92 Å². The second-order valence-corrected chi connectivity index (χ2v) is 5.21. The topological polar surface area (TPSA) is 41.6 Å². The van der Waals surface area contributed by atoms with Crippen LogP contribution in [0.4, 0.5) is 4.39 Å². The Kier molecular flexibility index (Phi) is 6.92. The van der Waals surface area contributed by atoms with Gasteiger partial charge in [-0.25, -0.2) is 4.39 Å². The van der Waals surface area contributed by atoms with Crippen molar-refractivity contribution in [2.75, 3.05) is 26.7 Å². The third-order valence-corrected chi connectivity index (χ3v) is 3.55. The molecule has 1 aliphatic rings. The van der Waals surface area contributed by atoms with Crippen LogP contribution >= 0.6 is 12.4 Å². The minimum Gasteiger partial charge on any atom is -0.481 e. The van der Waals surface area contributed by atoms with Gasteiger partial charge in [-0.15, -0.1) is 12.4 Å². The van der Waals surface area contributed by atoms with Gasteiger partial charge in [-0.3, -0.25) is 4.79 Å². The number of rotatable bonds is 5. The van der Waals surface area contributed by atoms with E-state index in [-0.39, 0.29) is 24.1 Å². The smallest absolute Gasteiger partial charge is 0.263 e. The zero-order valence-corrected chi connectivity index (χ0v) is 13.2. The molecule has 0 saturated carbocycles. The molecule has 2 atom stereocenters. The standard InChI is InChI=1S/C15H21FN2O2.ClH/c1-11(20-14-5-3-4-13(16)8-14)15(19)18-7-6-12(10-18)9-17-2;/h3-5,8,11-12,17H,6-7,9-10H2,1-2H3;1H. The fraction of sp³-hybridized carbons (Fsp3) is 0.533. The molecule has 1 heterocycles. The highest BCUT2D eigenvalue weighted by Gasteiger charge is 2.29. The molecule has 0 spiro atoms. The summed E-state index contributed by atoms with van der Waals surface area (Å²) in [6.45, 7) is 4.15. The van der Waals surface area contributed by atoms with Gasteiger partial charge in [0, 0.05) is 19.2 Å². The first kappa shape index (κ1) is 17.7. The van der Waals surface area contributed by atoms with Crippen LogP contribution in [0, 0.1) is 11.7 Å². The van der Waals surface area contributed by atoms with Crippen LogP contribution in [-0.2, 0) is 4.79 Å². The van der Waals surface area contributed by atoms with E-state index in [1.807, 2.05) is 11.9 Å². The summed E-state index contributed by atoms with van der Waals surface area (Å²) in [6, 6.07) is 5.86. The van der Waals surface area contributed by atoms with E-state index < -0.39 is 6.10 Å². The van der Waals surface area contributed by atoms with Gasteiger partial charge >= 0.3 is 0 Å². The lowest BCUT2D eigenvalue weighted by atomic mass is 10.1. The predicted molar refractivity (Wildman–Crippen MR) is 82.4 cm³/mol. The van der Waals surface area contributed by atoms with Gasteiger partial charge in [0.15, 0.2) is 6.10 Å². The second-order valence-electron chi connectivity index (χ2n) is 5.21. The van der Waals surface area contributed by atoms with Crippen LogP contribution in [-0.4, -0.2) is 43.6 Å². The lowest BCUT2D eigenvalue weighted by molar-refractivity contribution is -0.137. The SMILES string of the molecule is CNCC1CCN(C(=O)C(C)Oc2cccc(F)c2)C1.Cl. The van der Waals surface area contributed by atoms with Gasteiger partial charge in [0.05, 0.1) is 0 Å². The number of hydrogen-bond acceptors (Lipinski definition) is 3. The lowest BCUT2D eigenvalue weighted by Crippen LogP contribution is -2.39. The van der Waals surface area contributed by atoms with Crippen molar-refractivity contribution in [3.63, 3.8) is 0 Å². The van der Waals surface area contributed by atoms with Crippen molar-refractivity contribution in [2.45, 2.75) is 19.4 Å². The number of hydrogen-bond donors (Lipinski definition) is 1. The largest absolute Gasteiger partial charge is 0.481 e. The number of benzene rings is 1. The Balaban J connectivity index is 0.00000220. The molecule has 1 aromatic carbocycles. The van der Waals surface area contributed by atoms with Gasteiger partial charge in [0.2, 0.25) is 0 Å². The molecule has 21 heavy (non-hydrogen) atoms. The van der Waals surface area contributed by atoms with Gasteiger partial charge in [0.1, 0.15) is 11.6 Å². The van der Waals surface area contributed by atoms with E-state index >= 15 is 0 Å². The van der Waals surface area contributed by atoms with Crippen LogP contribution in [0.3, 0.4) is 0 Å². The van der Waals surface area contributed by atoms with Crippen molar-refractivity contribution in [1.82, 2.24) is 10.2 Å². The van der Waals surface area contributed by atoms with Gasteiger partial charge in [-0.05, 0) is 45.0 Å². The molecule has 4 nitrogen and oxygen atoms in total. The molecule has 1 N–H and O–H groups in total. The molecule has 1 aliphatic heterocycles. The maximum Gasteiger partial charge on any atom is 0.263 e. The highest BCUT2D eigenvalue weighted by atomic mass is 35.5. The average molecular weight is 317 g/mol. The van der Waals surface area contributed by atoms with E-state index in [0.29, 0.717) is 11.7 Å². The van der Waals surface area contributed by atoms with Crippen molar-refractivity contribution in [1.29, 1.82) is 0 Å². The number of carbonyl (C=O) groups is 1. The molecule has 0 bridgehead atoms. The number of nitrogens with zero attached hydrogens (tertiary/aromatic N) is 1. The fourth-order valence-corrected chi connectivity index (χ4v) is 2.54. The van der Waals surface area contributed by atoms with E-state index in [1.165, 1.54) is 12.1 Å². The lowest BCUT2D eigenvalue weighted by Gasteiger charge is -2.22. The van der Waals surface area contributed by atoms with Gasteiger partial charge in [0.25, 0.3) is 5.91 Å². The molecule has 1 fully saturated rings. The summed E-state index contributed by atoms with van der Waals surface area (Å²) in [5.74, 6) is 0.493. The first-order valence-corrected chi connectivity index (χ1v) is 6.95. The first-order valence-electron chi connectivity index (χ1n) is 6.95. The monoisotopic (exact) mass is 316 g/mol. The van der Waals surface area contributed by atoms with E-state index in [1.54, 1.807) is 19.1 Å². The van der Waals surface area contributed by atoms with Crippen LogP contribution < -0.4 is 10.1 Å². The molecule has 6 heteroatoms. The molecule has 2 rings (SSSR count). The Hall–Kier alpha value is -1.33. The van der Waals surface area contributed by atoms with Crippen molar-refractivity contribution in [3.05, 3.63) is 30.1 Å². The molecular formula is C15H22ClFN2O2. The average Bonchev–Trinajstić information content (AvgIpc) is 2.87. The summed E-state index contributed by atoms with van der Waals surface area (Å²) < 4.78 is 18.6.